The number of benzene rings is 2. The number of ether oxygens (including phenoxy) is 2. The first-order valence-corrected chi connectivity index (χ1v) is 11.4. The fourth-order valence-corrected chi connectivity index (χ4v) is 3.78. The number of pyridine rings is 1. The highest BCUT2D eigenvalue weighted by Gasteiger charge is 2.27. The maximum Gasteiger partial charge on any atom is 0.319 e. The van der Waals surface area contributed by atoms with Gasteiger partial charge in [0.05, 0.1) is 30.4 Å². The van der Waals surface area contributed by atoms with Gasteiger partial charge in [0, 0.05) is 23.7 Å². The maximum atomic E-state index is 15.3. The first-order chi connectivity index (χ1) is 17.6. The van der Waals surface area contributed by atoms with Crippen LogP contribution in [0.25, 0.3) is 10.9 Å². The van der Waals surface area contributed by atoms with Crippen LogP contribution in [0.2, 0.25) is 5.02 Å². The molecule has 3 aromatic rings. The summed E-state index contributed by atoms with van der Waals surface area (Å²) < 4.78 is 66.3. The minimum atomic E-state index is -2.77. The van der Waals surface area contributed by atoms with Crippen LogP contribution in [-0.2, 0) is 0 Å². The standard InChI is InChI=1S/C23H20BClF4N4O4/c1-36-14-7-12-10(6-11(14)22(34)31-8-15(26)27)13(4-5-30-12)37-21-18(28)16(24)20(17(25)19(21)29)33-23(35)32-9-2-3-9/h4-7,9,15H,2-3,8,24H2,1H3,(H,31,34)(H2,32,33,35). The van der Waals surface area contributed by atoms with E-state index in [0.717, 1.165) is 12.8 Å². The molecule has 0 unspecified atom stereocenters. The monoisotopic (exact) mass is 538 g/mol. The van der Waals surface area contributed by atoms with Crippen molar-refractivity contribution in [1.29, 1.82) is 0 Å². The van der Waals surface area contributed by atoms with Crippen molar-refractivity contribution in [3.63, 3.8) is 0 Å². The second kappa shape index (κ2) is 10.7. The van der Waals surface area contributed by atoms with Gasteiger partial charge in [-0.3, -0.25) is 9.78 Å². The minimum absolute atomic E-state index is 0.0114. The van der Waals surface area contributed by atoms with Gasteiger partial charge in [0.1, 0.15) is 24.4 Å². The Morgan fingerprint density at radius 1 is 1.22 bits per heavy atom. The molecule has 2 aromatic carbocycles. The third-order valence-corrected chi connectivity index (χ3v) is 5.92. The van der Waals surface area contributed by atoms with Crippen molar-refractivity contribution in [2.45, 2.75) is 25.3 Å². The normalized spacial score (nSPS) is 12.9. The molecular formula is C23H20BClF4N4O4. The molecule has 8 nitrogen and oxygen atoms in total. The number of methoxy groups -OCH3 is 1. The molecule has 194 valence electrons. The van der Waals surface area contributed by atoms with Gasteiger partial charge in [-0.15, -0.1) is 0 Å². The number of alkyl halides is 2. The molecule has 0 aliphatic heterocycles. The molecule has 1 heterocycles. The third kappa shape index (κ3) is 5.66. The van der Waals surface area contributed by atoms with Gasteiger partial charge in [0.15, 0.2) is 17.4 Å². The number of anilines is 1. The number of urea groups is 1. The lowest BCUT2D eigenvalue weighted by molar-refractivity contribution is 0.0889. The van der Waals surface area contributed by atoms with Gasteiger partial charge in [-0.25, -0.2) is 22.4 Å². The summed E-state index contributed by atoms with van der Waals surface area (Å²) in [5.41, 5.74) is -0.299. The fraction of sp³-hybridized carbons (Fsp3) is 0.261. The number of hydrogen-bond donors (Lipinski definition) is 3. The van der Waals surface area contributed by atoms with Crippen LogP contribution in [0.4, 0.5) is 28.0 Å². The van der Waals surface area contributed by atoms with Crippen molar-refractivity contribution >= 4 is 53.4 Å². The predicted octanol–water partition coefficient (Wildman–Crippen LogP) is 3.50. The largest absolute Gasteiger partial charge is 0.496 e. The van der Waals surface area contributed by atoms with Gasteiger partial charge in [-0.1, -0.05) is 11.6 Å². The van der Waals surface area contributed by atoms with Crippen molar-refractivity contribution in [2.24, 2.45) is 0 Å². The van der Waals surface area contributed by atoms with Crippen LogP contribution in [-0.4, -0.2) is 50.9 Å². The summed E-state index contributed by atoms with van der Waals surface area (Å²) in [7, 11) is 2.57. The average Bonchev–Trinajstić information content (AvgIpc) is 3.69. The number of aromatic nitrogens is 1. The molecule has 3 N–H and O–H groups in total. The molecule has 14 heteroatoms. The van der Waals surface area contributed by atoms with Crippen LogP contribution in [0.1, 0.15) is 23.2 Å². The summed E-state index contributed by atoms with van der Waals surface area (Å²) >= 11 is 6.12. The van der Waals surface area contributed by atoms with Crippen molar-refractivity contribution in [1.82, 2.24) is 15.6 Å². The lowest BCUT2D eigenvalue weighted by atomic mass is 9.92. The molecule has 1 saturated carbocycles. The molecule has 1 aromatic heterocycles. The van der Waals surface area contributed by atoms with E-state index >= 15 is 8.78 Å². The topological polar surface area (TPSA) is 102 Å². The lowest BCUT2D eigenvalue weighted by Crippen LogP contribution is -2.33. The molecule has 37 heavy (non-hydrogen) atoms. The molecule has 0 spiro atoms. The van der Waals surface area contributed by atoms with Gasteiger partial charge < -0.3 is 25.4 Å². The third-order valence-electron chi connectivity index (χ3n) is 5.56. The van der Waals surface area contributed by atoms with E-state index in [0.29, 0.717) is 0 Å². The van der Waals surface area contributed by atoms with Crippen LogP contribution in [0, 0.1) is 11.6 Å². The summed E-state index contributed by atoms with van der Waals surface area (Å²) in [6, 6.07) is 3.27. The zero-order valence-electron chi connectivity index (χ0n) is 19.6. The average molecular weight is 539 g/mol. The first kappa shape index (κ1) is 26.3. The second-order valence-electron chi connectivity index (χ2n) is 8.23. The van der Waals surface area contributed by atoms with E-state index in [-0.39, 0.29) is 45.2 Å². The number of nitrogens with one attached hydrogen (secondary N) is 3. The van der Waals surface area contributed by atoms with Crippen molar-refractivity contribution in [2.75, 3.05) is 19.0 Å². The highest BCUT2D eigenvalue weighted by molar-refractivity contribution is 6.42. The molecule has 0 saturated heterocycles. The molecule has 1 aliphatic rings. The van der Waals surface area contributed by atoms with Crippen LogP contribution in [0.5, 0.6) is 17.2 Å². The second-order valence-corrected chi connectivity index (χ2v) is 8.60. The lowest BCUT2D eigenvalue weighted by Gasteiger charge is -2.18. The summed E-state index contributed by atoms with van der Waals surface area (Å²) in [6.45, 7) is -0.885. The summed E-state index contributed by atoms with van der Waals surface area (Å²) in [6.07, 6.45) is 0.163. The smallest absolute Gasteiger partial charge is 0.319 e. The van der Waals surface area contributed by atoms with Gasteiger partial charge >= 0.3 is 6.03 Å². The zero-order chi connectivity index (χ0) is 26.9. The van der Waals surface area contributed by atoms with Crippen LogP contribution in [0.15, 0.2) is 24.4 Å². The maximum absolute atomic E-state index is 15.3. The summed E-state index contributed by atoms with van der Waals surface area (Å²) in [4.78, 5) is 28.7. The number of rotatable bonds is 8. The van der Waals surface area contributed by atoms with E-state index in [9.17, 15) is 18.4 Å². The van der Waals surface area contributed by atoms with E-state index in [4.69, 9.17) is 21.1 Å². The Balaban J connectivity index is 1.72. The Kier molecular flexibility index (Phi) is 7.62. The Morgan fingerprint density at radius 3 is 2.59 bits per heavy atom. The van der Waals surface area contributed by atoms with Crippen LogP contribution in [0.3, 0.4) is 0 Å². The van der Waals surface area contributed by atoms with E-state index in [1.807, 2.05) is 0 Å². The molecule has 1 aliphatic carbocycles. The van der Waals surface area contributed by atoms with E-state index < -0.39 is 47.3 Å². The number of fused-ring (bicyclic) bond motifs is 1. The number of amides is 3. The van der Waals surface area contributed by atoms with Crippen molar-refractivity contribution in [3.05, 3.63) is 46.6 Å². The van der Waals surface area contributed by atoms with E-state index in [1.165, 1.54) is 39.4 Å². The molecular weight excluding hydrogens is 519 g/mol. The Bertz CT molecular complexity index is 1360. The number of halogens is 5. The highest BCUT2D eigenvalue weighted by Crippen LogP contribution is 2.38. The number of carbonyl (C=O) groups is 2. The van der Waals surface area contributed by atoms with E-state index in [1.54, 1.807) is 0 Å². The summed E-state index contributed by atoms with van der Waals surface area (Å²) in [5, 5.41) is 6.65. The SMILES string of the molecule is Bc1c(F)c(Oc2ccnc3cc(OC)c(C(=O)NCC(F)F)cc23)c(F)c(Cl)c1NC(=O)NC1CC1. The van der Waals surface area contributed by atoms with Crippen molar-refractivity contribution in [3.8, 4) is 17.2 Å². The quantitative estimate of drug-likeness (QED) is 0.232. The Labute approximate surface area is 214 Å². The van der Waals surface area contributed by atoms with Gasteiger partial charge in [-0.2, -0.15) is 0 Å². The highest BCUT2D eigenvalue weighted by atomic mass is 35.5. The summed E-state index contributed by atoms with van der Waals surface area (Å²) in [5.74, 6) is -4.14. The van der Waals surface area contributed by atoms with Crippen LogP contribution < -0.4 is 30.9 Å². The zero-order valence-corrected chi connectivity index (χ0v) is 20.3. The molecule has 0 bridgehead atoms. The van der Waals surface area contributed by atoms with Gasteiger partial charge in [0.2, 0.25) is 0 Å². The van der Waals surface area contributed by atoms with Crippen LogP contribution >= 0.6 is 11.6 Å². The number of nitrogens with zero attached hydrogens (tertiary/aromatic N) is 1. The molecule has 0 atom stereocenters. The molecule has 4 rings (SSSR count). The van der Waals surface area contributed by atoms with Crippen molar-refractivity contribution < 1.29 is 36.6 Å². The number of hydrogen-bond acceptors (Lipinski definition) is 5. The molecule has 1 fully saturated rings. The molecule has 3 amide bonds. The van der Waals surface area contributed by atoms with E-state index in [2.05, 4.69) is 20.9 Å². The predicted molar refractivity (Wildman–Crippen MR) is 131 cm³/mol. The molecule has 0 radical (unpaired) electrons. The minimum Gasteiger partial charge on any atom is -0.496 e. The van der Waals surface area contributed by atoms with Gasteiger partial charge in [0.25, 0.3) is 12.3 Å². The first-order valence-electron chi connectivity index (χ1n) is 11.1. The van der Waals surface area contributed by atoms with Gasteiger partial charge in [-0.05, 0) is 30.4 Å². The fourth-order valence-electron chi connectivity index (χ4n) is 3.51. The number of carbonyl (C=O) groups excluding carboxylic acids is 2. The Hall–Kier alpha value is -3.74. The Morgan fingerprint density at radius 2 is 1.95 bits per heavy atom.